The molecule has 1 aliphatic heterocycles. The van der Waals surface area contributed by atoms with Crippen molar-refractivity contribution < 1.29 is 0 Å². The van der Waals surface area contributed by atoms with Crippen molar-refractivity contribution in [3.05, 3.63) is 0 Å². The van der Waals surface area contributed by atoms with Crippen LogP contribution in [0, 0.1) is 0 Å². The maximum absolute atomic E-state index is 5.44. The van der Waals surface area contributed by atoms with Crippen LogP contribution in [0.4, 0.5) is 0 Å². The third-order valence-electron chi connectivity index (χ3n) is 2.92. The van der Waals surface area contributed by atoms with Crippen molar-refractivity contribution in [3.63, 3.8) is 0 Å². The molecule has 0 aromatic rings. The normalized spacial score (nSPS) is 24.0. The van der Waals surface area contributed by atoms with E-state index in [2.05, 4.69) is 17.6 Å². The Balaban J connectivity index is 1.95. The van der Waals surface area contributed by atoms with Crippen molar-refractivity contribution in [1.29, 1.82) is 0 Å². The number of hydrogen-bond acceptors (Lipinski definition) is 3. The average Bonchev–Trinajstić information content (AvgIpc) is 2.65. The number of unbranched alkanes of at least 4 members (excludes halogenated alkanes) is 1. The first-order valence-corrected chi connectivity index (χ1v) is 5.99. The Bertz CT molecular complexity index is 132. The van der Waals surface area contributed by atoms with E-state index in [1.807, 2.05) is 0 Å². The van der Waals surface area contributed by atoms with Crippen LogP contribution < -0.4 is 16.4 Å². The Morgan fingerprint density at radius 2 is 2.36 bits per heavy atom. The molecule has 3 heteroatoms. The Hall–Kier alpha value is -0.120. The molecule has 0 amide bonds. The van der Waals surface area contributed by atoms with E-state index in [1.54, 1.807) is 0 Å². The van der Waals surface area contributed by atoms with Gasteiger partial charge < -0.3 is 16.4 Å². The van der Waals surface area contributed by atoms with E-state index in [-0.39, 0.29) is 0 Å². The van der Waals surface area contributed by atoms with Gasteiger partial charge in [-0.25, -0.2) is 0 Å². The summed E-state index contributed by atoms with van der Waals surface area (Å²) in [5, 5.41) is 7.08. The number of nitrogens with two attached hydrogens (primary N) is 1. The van der Waals surface area contributed by atoms with Crippen molar-refractivity contribution in [2.24, 2.45) is 5.73 Å². The van der Waals surface area contributed by atoms with E-state index in [1.165, 1.54) is 32.2 Å². The third kappa shape index (κ3) is 4.94. The second-order valence-corrected chi connectivity index (χ2v) is 4.38. The van der Waals surface area contributed by atoms with Crippen LogP contribution in [0.25, 0.3) is 0 Å². The first-order valence-electron chi connectivity index (χ1n) is 5.99. The Morgan fingerprint density at radius 3 is 3.00 bits per heavy atom. The predicted molar refractivity (Wildman–Crippen MR) is 61.4 cm³/mol. The van der Waals surface area contributed by atoms with Crippen molar-refractivity contribution in [3.8, 4) is 0 Å². The lowest BCUT2D eigenvalue weighted by molar-refractivity contribution is 0.436. The molecular formula is C11H25N3. The highest BCUT2D eigenvalue weighted by Gasteiger charge is 2.16. The summed E-state index contributed by atoms with van der Waals surface area (Å²) in [5.41, 5.74) is 5.44. The Labute approximate surface area is 87.8 Å². The highest BCUT2D eigenvalue weighted by molar-refractivity contribution is 4.78. The zero-order valence-corrected chi connectivity index (χ0v) is 9.39. The van der Waals surface area contributed by atoms with Crippen LogP contribution in [0.2, 0.25) is 0 Å². The van der Waals surface area contributed by atoms with Crippen LogP contribution in [-0.2, 0) is 0 Å². The fourth-order valence-corrected chi connectivity index (χ4v) is 2.09. The highest BCUT2D eigenvalue weighted by Crippen LogP contribution is 2.10. The summed E-state index contributed by atoms with van der Waals surface area (Å²) in [6.45, 7) is 5.43. The van der Waals surface area contributed by atoms with Crippen LogP contribution in [0.1, 0.15) is 39.0 Å². The second-order valence-electron chi connectivity index (χ2n) is 4.38. The van der Waals surface area contributed by atoms with Gasteiger partial charge in [0.15, 0.2) is 0 Å². The summed E-state index contributed by atoms with van der Waals surface area (Å²) in [7, 11) is 0. The molecule has 0 aliphatic carbocycles. The molecule has 1 aliphatic rings. The van der Waals surface area contributed by atoms with Crippen LogP contribution in [-0.4, -0.2) is 31.7 Å². The molecule has 0 bridgehead atoms. The molecule has 0 aromatic carbocycles. The molecule has 0 saturated carbocycles. The molecular weight excluding hydrogens is 174 g/mol. The Morgan fingerprint density at radius 1 is 1.50 bits per heavy atom. The van der Waals surface area contributed by atoms with E-state index < -0.39 is 0 Å². The van der Waals surface area contributed by atoms with Gasteiger partial charge in [-0.05, 0) is 58.7 Å². The summed E-state index contributed by atoms with van der Waals surface area (Å²) in [4.78, 5) is 0. The lowest BCUT2D eigenvalue weighted by Gasteiger charge is -2.18. The lowest BCUT2D eigenvalue weighted by atomic mass is 10.1. The smallest absolute Gasteiger partial charge is 0.00822 e. The fourth-order valence-electron chi connectivity index (χ4n) is 2.09. The molecule has 1 fully saturated rings. The fraction of sp³-hybridized carbons (Fsp3) is 1.00. The molecule has 2 atom stereocenters. The molecule has 1 rings (SSSR count). The minimum absolute atomic E-state index is 0.642. The molecule has 1 saturated heterocycles. The SMILES string of the molecule is CC(CC1CCCN1)NCCCCN. The van der Waals surface area contributed by atoms with Crippen molar-refractivity contribution in [2.75, 3.05) is 19.6 Å². The van der Waals surface area contributed by atoms with Gasteiger partial charge in [0, 0.05) is 12.1 Å². The molecule has 0 radical (unpaired) electrons. The standard InChI is InChI=1S/C11H25N3/c1-10(13-7-3-2-6-12)9-11-5-4-8-14-11/h10-11,13-14H,2-9,12H2,1H3. The number of rotatable bonds is 7. The van der Waals surface area contributed by atoms with Crippen molar-refractivity contribution >= 4 is 0 Å². The molecule has 84 valence electrons. The van der Waals surface area contributed by atoms with Gasteiger partial charge in [-0.2, -0.15) is 0 Å². The summed E-state index contributed by atoms with van der Waals surface area (Å²) in [6, 6.07) is 1.40. The largest absolute Gasteiger partial charge is 0.330 e. The van der Waals surface area contributed by atoms with Crippen molar-refractivity contribution in [1.82, 2.24) is 10.6 Å². The van der Waals surface area contributed by atoms with E-state index in [4.69, 9.17) is 5.73 Å². The van der Waals surface area contributed by atoms with Gasteiger partial charge in [0.25, 0.3) is 0 Å². The quantitative estimate of drug-likeness (QED) is 0.533. The molecule has 0 aromatic heterocycles. The van der Waals surface area contributed by atoms with Gasteiger partial charge in [-0.15, -0.1) is 0 Å². The van der Waals surface area contributed by atoms with Gasteiger partial charge in [0.05, 0.1) is 0 Å². The van der Waals surface area contributed by atoms with E-state index in [9.17, 15) is 0 Å². The monoisotopic (exact) mass is 199 g/mol. The zero-order valence-electron chi connectivity index (χ0n) is 9.39. The van der Waals surface area contributed by atoms with Gasteiger partial charge >= 0.3 is 0 Å². The van der Waals surface area contributed by atoms with Crippen LogP contribution in [0.5, 0.6) is 0 Å². The topological polar surface area (TPSA) is 50.1 Å². The third-order valence-corrected chi connectivity index (χ3v) is 2.92. The van der Waals surface area contributed by atoms with E-state index >= 15 is 0 Å². The highest BCUT2D eigenvalue weighted by atomic mass is 15.0. The minimum Gasteiger partial charge on any atom is -0.330 e. The summed E-state index contributed by atoms with van der Waals surface area (Å²) < 4.78 is 0. The summed E-state index contributed by atoms with van der Waals surface area (Å²) in [5.74, 6) is 0. The van der Waals surface area contributed by atoms with Crippen LogP contribution in [0.15, 0.2) is 0 Å². The van der Waals surface area contributed by atoms with Gasteiger partial charge in [-0.1, -0.05) is 0 Å². The predicted octanol–water partition coefficient (Wildman–Crippen LogP) is 0.846. The first kappa shape index (κ1) is 12.0. The summed E-state index contributed by atoms with van der Waals surface area (Å²) >= 11 is 0. The zero-order chi connectivity index (χ0) is 10.2. The maximum atomic E-state index is 5.44. The van der Waals surface area contributed by atoms with Crippen LogP contribution in [0.3, 0.4) is 0 Å². The number of nitrogens with one attached hydrogen (secondary N) is 2. The molecule has 0 spiro atoms. The molecule has 4 N–H and O–H groups in total. The van der Waals surface area contributed by atoms with Crippen molar-refractivity contribution in [2.45, 2.75) is 51.1 Å². The molecule has 3 nitrogen and oxygen atoms in total. The Kier molecular flexibility index (Phi) is 6.15. The minimum atomic E-state index is 0.642. The van der Waals surface area contributed by atoms with Gasteiger partial charge in [-0.3, -0.25) is 0 Å². The van der Waals surface area contributed by atoms with E-state index in [0.29, 0.717) is 6.04 Å². The second kappa shape index (κ2) is 7.21. The van der Waals surface area contributed by atoms with E-state index in [0.717, 1.165) is 25.6 Å². The molecule has 2 unspecified atom stereocenters. The van der Waals surface area contributed by atoms with Gasteiger partial charge in [0.2, 0.25) is 0 Å². The lowest BCUT2D eigenvalue weighted by Crippen LogP contribution is -2.34. The van der Waals surface area contributed by atoms with Gasteiger partial charge in [0.1, 0.15) is 0 Å². The van der Waals surface area contributed by atoms with Crippen LogP contribution >= 0.6 is 0 Å². The molecule has 1 heterocycles. The first-order chi connectivity index (χ1) is 6.83. The average molecular weight is 199 g/mol. The molecule has 14 heavy (non-hydrogen) atoms. The maximum Gasteiger partial charge on any atom is 0.00822 e. The summed E-state index contributed by atoms with van der Waals surface area (Å²) in [6.07, 6.45) is 6.32. The number of hydrogen-bond donors (Lipinski definition) is 3.